The van der Waals surface area contributed by atoms with E-state index in [0.29, 0.717) is 0 Å². The predicted octanol–water partition coefficient (Wildman–Crippen LogP) is 1.43. The molecule has 0 saturated carbocycles. The topological polar surface area (TPSA) is 52.0 Å². The van der Waals surface area contributed by atoms with Gasteiger partial charge in [0.2, 0.25) is 0 Å². The lowest BCUT2D eigenvalue weighted by molar-refractivity contribution is 0.631. The largest absolute Gasteiger partial charge is 0.396 e. The SMILES string of the molecule is C[C@@H](N)c1ccc(F)c(N)c1. The third kappa shape index (κ3) is 1.68. The van der Waals surface area contributed by atoms with Crippen molar-refractivity contribution in [1.82, 2.24) is 0 Å². The highest BCUT2D eigenvalue weighted by molar-refractivity contribution is 5.43. The van der Waals surface area contributed by atoms with Crippen molar-refractivity contribution in [2.45, 2.75) is 13.0 Å². The molecular formula is C8H11FN2. The Bertz CT molecular complexity index is 258. The Kier molecular flexibility index (Phi) is 2.10. The van der Waals surface area contributed by atoms with Crippen molar-refractivity contribution in [3.63, 3.8) is 0 Å². The van der Waals surface area contributed by atoms with Crippen molar-refractivity contribution in [1.29, 1.82) is 0 Å². The fourth-order valence-electron chi connectivity index (χ4n) is 0.845. The zero-order valence-corrected chi connectivity index (χ0v) is 6.34. The highest BCUT2D eigenvalue weighted by Crippen LogP contribution is 2.16. The molecule has 2 nitrogen and oxygen atoms in total. The summed E-state index contributed by atoms with van der Waals surface area (Å²) in [5.74, 6) is -0.394. The normalized spacial score (nSPS) is 13.0. The zero-order chi connectivity index (χ0) is 8.43. The lowest BCUT2D eigenvalue weighted by atomic mass is 10.1. The van der Waals surface area contributed by atoms with E-state index in [2.05, 4.69) is 0 Å². The first-order chi connectivity index (χ1) is 5.11. The number of benzene rings is 1. The Morgan fingerprint density at radius 2 is 2.09 bits per heavy atom. The smallest absolute Gasteiger partial charge is 0.146 e. The van der Waals surface area contributed by atoms with Gasteiger partial charge in [-0.15, -0.1) is 0 Å². The predicted molar refractivity (Wildman–Crippen MR) is 43.4 cm³/mol. The molecule has 11 heavy (non-hydrogen) atoms. The van der Waals surface area contributed by atoms with Gasteiger partial charge >= 0.3 is 0 Å². The van der Waals surface area contributed by atoms with E-state index in [-0.39, 0.29) is 11.7 Å². The second-order valence-electron chi connectivity index (χ2n) is 2.57. The van der Waals surface area contributed by atoms with Crippen LogP contribution in [0.4, 0.5) is 10.1 Å². The molecule has 1 aromatic carbocycles. The Morgan fingerprint density at radius 3 is 2.55 bits per heavy atom. The van der Waals surface area contributed by atoms with Gasteiger partial charge in [0.05, 0.1) is 5.69 Å². The van der Waals surface area contributed by atoms with E-state index in [1.165, 1.54) is 6.07 Å². The van der Waals surface area contributed by atoms with Crippen molar-refractivity contribution in [2.24, 2.45) is 5.73 Å². The van der Waals surface area contributed by atoms with Gasteiger partial charge in [-0.1, -0.05) is 6.07 Å². The van der Waals surface area contributed by atoms with Crippen LogP contribution >= 0.6 is 0 Å². The van der Waals surface area contributed by atoms with Gasteiger partial charge in [-0.05, 0) is 24.6 Å². The van der Waals surface area contributed by atoms with Gasteiger partial charge in [-0.2, -0.15) is 0 Å². The van der Waals surface area contributed by atoms with Gasteiger partial charge in [0.25, 0.3) is 0 Å². The van der Waals surface area contributed by atoms with Crippen LogP contribution in [-0.4, -0.2) is 0 Å². The molecular weight excluding hydrogens is 143 g/mol. The molecule has 1 atom stereocenters. The first-order valence-corrected chi connectivity index (χ1v) is 3.42. The molecule has 60 valence electrons. The summed E-state index contributed by atoms with van der Waals surface area (Å²) in [6.45, 7) is 1.83. The Balaban J connectivity index is 3.05. The monoisotopic (exact) mass is 154 g/mol. The number of rotatable bonds is 1. The molecule has 0 aliphatic heterocycles. The number of hydrogen-bond donors (Lipinski definition) is 2. The number of nitrogen functional groups attached to an aromatic ring is 1. The van der Waals surface area contributed by atoms with Crippen LogP contribution in [-0.2, 0) is 0 Å². The quantitative estimate of drug-likeness (QED) is 0.601. The van der Waals surface area contributed by atoms with Gasteiger partial charge in [0.1, 0.15) is 5.82 Å². The Labute approximate surface area is 65.0 Å². The molecule has 0 heterocycles. The molecule has 0 radical (unpaired) electrons. The highest BCUT2D eigenvalue weighted by atomic mass is 19.1. The van der Waals surface area contributed by atoms with Gasteiger partial charge in [-0.25, -0.2) is 4.39 Å². The summed E-state index contributed by atoms with van der Waals surface area (Å²) >= 11 is 0. The van der Waals surface area contributed by atoms with Crippen LogP contribution in [0.3, 0.4) is 0 Å². The van der Waals surface area contributed by atoms with Crippen LogP contribution in [0.15, 0.2) is 18.2 Å². The Hall–Kier alpha value is -1.09. The van der Waals surface area contributed by atoms with Crippen LogP contribution in [0.25, 0.3) is 0 Å². The maximum atomic E-state index is 12.6. The zero-order valence-electron chi connectivity index (χ0n) is 6.34. The second-order valence-corrected chi connectivity index (χ2v) is 2.57. The molecule has 3 heteroatoms. The van der Waals surface area contributed by atoms with Gasteiger partial charge < -0.3 is 11.5 Å². The first kappa shape index (κ1) is 8.01. The van der Waals surface area contributed by atoms with Gasteiger partial charge in [0.15, 0.2) is 0 Å². The molecule has 4 N–H and O–H groups in total. The number of anilines is 1. The van der Waals surface area contributed by atoms with Crippen LogP contribution in [0.5, 0.6) is 0 Å². The maximum Gasteiger partial charge on any atom is 0.146 e. The summed E-state index contributed by atoms with van der Waals surface area (Å²) in [6, 6.07) is 4.42. The molecule has 0 unspecified atom stereocenters. The molecule has 0 amide bonds. The highest BCUT2D eigenvalue weighted by Gasteiger charge is 2.02. The van der Waals surface area contributed by atoms with Crippen molar-refractivity contribution in [3.05, 3.63) is 29.6 Å². The van der Waals surface area contributed by atoms with E-state index in [9.17, 15) is 4.39 Å². The molecule has 0 aromatic heterocycles. The first-order valence-electron chi connectivity index (χ1n) is 3.42. The fraction of sp³-hybridized carbons (Fsp3) is 0.250. The van der Waals surface area contributed by atoms with Crippen molar-refractivity contribution >= 4 is 5.69 Å². The molecule has 0 fully saturated rings. The average molecular weight is 154 g/mol. The number of hydrogen-bond acceptors (Lipinski definition) is 2. The third-order valence-electron chi connectivity index (χ3n) is 1.55. The summed E-state index contributed by atoms with van der Waals surface area (Å²) in [5.41, 5.74) is 11.9. The fourth-order valence-corrected chi connectivity index (χ4v) is 0.845. The van der Waals surface area contributed by atoms with Crippen molar-refractivity contribution in [2.75, 3.05) is 5.73 Å². The minimum atomic E-state index is -0.394. The maximum absolute atomic E-state index is 12.6. The molecule has 0 aliphatic rings. The van der Waals surface area contributed by atoms with Crippen LogP contribution < -0.4 is 11.5 Å². The Morgan fingerprint density at radius 1 is 1.45 bits per heavy atom. The van der Waals surface area contributed by atoms with E-state index in [0.717, 1.165) is 5.56 Å². The van der Waals surface area contributed by atoms with Crippen LogP contribution in [0, 0.1) is 5.82 Å². The van der Waals surface area contributed by atoms with E-state index in [1.807, 2.05) is 6.92 Å². The summed E-state index contributed by atoms with van der Waals surface area (Å²) in [7, 11) is 0. The molecule has 0 spiro atoms. The van der Waals surface area contributed by atoms with Gasteiger partial charge in [0, 0.05) is 6.04 Å². The number of nitrogens with two attached hydrogens (primary N) is 2. The van der Waals surface area contributed by atoms with Crippen molar-refractivity contribution in [3.8, 4) is 0 Å². The summed E-state index contributed by atoms with van der Waals surface area (Å²) < 4.78 is 12.6. The third-order valence-corrected chi connectivity index (χ3v) is 1.55. The van der Waals surface area contributed by atoms with Crippen LogP contribution in [0.2, 0.25) is 0 Å². The molecule has 1 rings (SSSR count). The molecule has 0 aliphatic carbocycles. The van der Waals surface area contributed by atoms with Crippen LogP contribution in [0.1, 0.15) is 18.5 Å². The molecule has 0 saturated heterocycles. The lowest BCUT2D eigenvalue weighted by Gasteiger charge is -2.05. The van der Waals surface area contributed by atoms with Crippen molar-refractivity contribution < 1.29 is 4.39 Å². The lowest BCUT2D eigenvalue weighted by Crippen LogP contribution is -2.05. The summed E-state index contributed by atoms with van der Waals surface area (Å²) in [5, 5.41) is 0. The summed E-state index contributed by atoms with van der Waals surface area (Å²) in [4.78, 5) is 0. The van der Waals surface area contributed by atoms with E-state index < -0.39 is 5.82 Å². The van der Waals surface area contributed by atoms with E-state index in [4.69, 9.17) is 11.5 Å². The number of halogens is 1. The standard InChI is InChI=1S/C8H11FN2/c1-5(10)6-2-3-7(9)8(11)4-6/h2-5H,10-11H2,1H3/t5-/m1/s1. The average Bonchev–Trinajstić information content (AvgIpc) is 1.94. The van der Waals surface area contributed by atoms with Gasteiger partial charge in [-0.3, -0.25) is 0 Å². The minimum absolute atomic E-state index is 0.0992. The molecule has 1 aromatic rings. The minimum Gasteiger partial charge on any atom is -0.396 e. The van der Waals surface area contributed by atoms with E-state index >= 15 is 0 Å². The molecule has 0 bridgehead atoms. The summed E-state index contributed by atoms with van der Waals surface area (Å²) in [6.07, 6.45) is 0. The van der Waals surface area contributed by atoms with E-state index in [1.54, 1.807) is 12.1 Å². The second kappa shape index (κ2) is 2.88.